The highest BCUT2D eigenvalue weighted by atomic mass is 32.1. The number of hydrogen-bond donors (Lipinski definition) is 7. The average molecular weight is 679 g/mol. The Kier molecular flexibility index (Phi) is 9.44. The molecule has 0 spiro atoms. The fourth-order valence-electron chi connectivity index (χ4n) is 4.57. The number of phosphoric acid groups is 2. The van der Waals surface area contributed by atoms with Gasteiger partial charge in [-0.3, -0.25) is 13.7 Å². The lowest BCUT2D eigenvalue weighted by atomic mass is 10.1. The van der Waals surface area contributed by atoms with Crippen molar-refractivity contribution >= 4 is 49.8 Å². The van der Waals surface area contributed by atoms with Crippen LogP contribution in [0.4, 0.5) is 5.82 Å². The Bertz CT molecular complexity index is 1630. The van der Waals surface area contributed by atoms with Crippen molar-refractivity contribution in [3.05, 3.63) is 42.7 Å². The van der Waals surface area contributed by atoms with Crippen LogP contribution >= 0.6 is 27.9 Å². The van der Waals surface area contributed by atoms with E-state index in [1.165, 1.54) is 27.9 Å². The first-order valence-electron chi connectivity index (χ1n) is 12.6. The quantitative estimate of drug-likeness (QED) is 0.0599. The molecule has 2 aliphatic heterocycles. The van der Waals surface area contributed by atoms with Gasteiger partial charge in [0.2, 0.25) is 0 Å². The smallest absolute Gasteiger partial charge is 0.478 e. The number of pyridine rings is 1. The SMILES string of the molecule is NC(=S)c1ccc[n+]([C@@H]2O[C@H](COP(=O)([O-])OP(=O)(O)OC[C@H]3O[C@@H](n4cnc5c(N)ncnc54)[C@@H](O)C3O)C(O)[C@@H]2O)c1. The number of aromatic nitrogens is 5. The number of nitrogen functional groups attached to an aromatic ring is 1. The number of fused-ring (bicyclic) bond motifs is 1. The van der Waals surface area contributed by atoms with Gasteiger partial charge in [-0.25, -0.2) is 23.8 Å². The summed E-state index contributed by atoms with van der Waals surface area (Å²) in [6.45, 7) is -1.83. The lowest BCUT2D eigenvalue weighted by Crippen LogP contribution is -2.46. The predicted octanol–water partition coefficient (Wildman–Crippen LogP) is -3.11. The molecule has 4 unspecified atom stereocenters. The van der Waals surface area contributed by atoms with Crippen LogP contribution in [-0.2, 0) is 32.0 Å². The number of phosphoric ester groups is 2. The van der Waals surface area contributed by atoms with Crippen molar-refractivity contribution in [1.82, 2.24) is 19.5 Å². The average Bonchev–Trinajstić information content (AvgIpc) is 3.61. The largest absolute Gasteiger partial charge is 0.756 e. The third-order valence-corrected chi connectivity index (χ3v) is 9.54. The van der Waals surface area contributed by atoms with Gasteiger partial charge in [0.1, 0.15) is 47.4 Å². The summed E-state index contributed by atoms with van der Waals surface area (Å²) in [6, 6.07) is 3.16. The summed E-state index contributed by atoms with van der Waals surface area (Å²) in [4.78, 5) is 34.2. The second-order valence-corrected chi connectivity index (χ2v) is 13.1. The van der Waals surface area contributed by atoms with Crippen LogP contribution in [0.5, 0.6) is 0 Å². The van der Waals surface area contributed by atoms with E-state index in [4.69, 9.17) is 33.2 Å². The zero-order valence-corrected chi connectivity index (χ0v) is 24.8. The molecule has 5 heterocycles. The lowest BCUT2D eigenvalue weighted by molar-refractivity contribution is -0.765. The maximum absolute atomic E-state index is 12.4. The van der Waals surface area contributed by atoms with Gasteiger partial charge in [-0.2, -0.15) is 4.57 Å². The lowest BCUT2D eigenvalue weighted by Gasteiger charge is -2.26. The van der Waals surface area contributed by atoms with Gasteiger partial charge in [0, 0.05) is 6.07 Å². The van der Waals surface area contributed by atoms with E-state index in [0.29, 0.717) is 5.56 Å². The molecule has 9 N–H and O–H groups in total. The third kappa shape index (κ3) is 6.81. The normalized spacial score (nSPS) is 31.6. The molecule has 3 aromatic rings. The Morgan fingerprint density at radius 1 is 1.07 bits per heavy atom. The van der Waals surface area contributed by atoms with E-state index in [1.807, 2.05) is 0 Å². The van der Waals surface area contributed by atoms with Gasteiger partial charge in [-0.1, -0.05) is 12.2 Å². The molecule has 3 aromatic heterocycles. The van der Waals surface area contributed by atoms with Gasteiger partial charge in [-0.15, -0.1) is 0 Å². The highest BCUT2D eigenvalue weighted by Crippen LogP contribution is 2.58. The molecule has 0 saturated carbocycles. The highest BCUT2D eigenvalue weighted by Gasteiger charge is 2.49. The molecule has 0 bridgehead atoms. The molecule has 44 heavy (non-hydrogen) atoms. The van der Waals surface area contributed by atoms with Gasteiger partial charge < -0.3 is 55.7 Å². The van der Waals surface area contributed by atoms with E-state index in [-0.39, 0.29) is 22.0 Å². The first kappa shape index (κ1) is 32.8. The Labute approximate surface area is 252 Å². The van der Waals surface area contributed by atoms with Crippen molar-refractivity contribution in [3.63, 3.8) is 0 Å². The van der Waals surface area contributed by atoms with E-state index < -0.39 is 77.9 Å². The molecule has 2 aliphatic rings. The van der Waals surface area contributed by atoms with Crippen molar-refractivity contribution in [2.24, 2.45) is 5.73 Å². The number of nitrogens with two attached hydrogens (primary N) is 2. The first-order chi connectivity index (χ1) is 20.7. The van der Waals surface area contributed by atoms with Gasteiger partial charge >= 0.3 is 7.82 Å². The number of hydrogen-bond acceptors (Lipinski definition) is 17. The second-order valence-electron chi connectivity index (χ2n) is 9.67. The number of nitrogens with zero attached hydrogens (tertiary/aromatic N) is 5. The molecule has 5 rings (SSSR count). The molecule has 240 valence electrons. The standard InChI is InChI=1S/C21H27N7O13P2S/c22-17-12-19(25-7-24-17)28(8-26-12)21-16(32)14(30)11(40-21)6-38-43(35,36)41-42(33,34)37-5-10-13(29)15(31)20(39-10)27-3-1-2-9(4-27)18(23)44/h1-4,7-8,10-11,13-16,20-21,29-32H,5-6H2,(H5-,22,23,24,25,33,34,35,36,44)/t10-,11-,13?,14?,15+,16+,20-,21-/m1/s1. The molecule has 0 aromatic carbocycles. The summed E-state index contributed by atoms with van der Waals surface area (Å²) in [5, 5.41) is 41.7. The number of imidazole rings is 1. The fourth-order valence-corrected chi connectivity index (χ4v) is 6.74. The van der Waals surface area contributed by atoms with Crippen LogP contribution in [0, 0.1) is 0 Å². The van der Waals surface area contributed by atoms with Crippen LogP contribution in [0.1, 0.15) is 18.0 Å². The third-order valence-electron chi connectivity index (χ3n) is 6.74. The zero-order chi connectivity index (χ0) is 32.0. The van der Waals surface area contributed by atoms with Gasteiger partial charge in [0.05, 0.1) is 25.1 Å². The van der Waals surface area contributed by atoms with Crippen molar-refractivity contribution in [3.8, 4) is 0 Å². The van der Waals surface area contributed by atoms with Crippen LogP contribution in [0.15, 0.2) is 37.2 Å². The van der Waals surface area contributed by atoms with E-state index in [2.05, 4.69) is 28.3 Å². The van der Waals surface area contributed by atoms with E-state index in [9.17, 15) is 39.3 Å². The van der Waals surface area contributed by atoms with Gasteiger partial charge in [-0.05, 0) is 6.07 Å². The maximum Gasteiger partial charge on any atom is 0.478 e. The number of aliphatic hydroxyl groups excluding tert-OH is 4. The number of rotatable bonds is 11. The molecule has 0 radical (unpaired) electrons. The minimum atomic E-state index is -5.59. The number of ether oxygens (including phenoxy) is 2. The summed E-state index contributed by atoms with van der Waals surface area (Å²) in [5.41, 5.74) is 12.1. The predicted molar refractivity (Wildman–Crippen MR) is 145 cm³/mol. The van der Waals surface area contributed by atoms with Crippen molar-refractivity contribution < 1.29 is 66.7 Å². The van der Waals surface area contributed by atoms with Crippen molar-refractivity contribution in [2.45, 2.75) is 49.1 Å². The van der Waals surface area contributed by atoms with Crippen LogP contribution in [0.3, 0.4) is 0 Å². The van der Waals surface area contributed by atoms with Crippen LogP contribution in [0.25, 0.3) is 11.2 Å². The molecule has 20 nitrogen and oxygen atoms in total. The Hall–Kier alpha value is -2.59. The minimum absolute atomic E-state index is 0.0515. The van der Waals surface area contributed by atoms with Crippen LogP contribution < -0.4 is 20.9 Å². The molecule has 10 atom stereocenters. The van der Waals surface area contributed by atoms with Gasteiger partial charge in [0.15, 0.2) is 36.2 Å². The summed E-state index contributed by atoms with van der Waals surface area (Å²) < 4.78 is 51.9. The number of aliphatic hydroxyl groups is 4. The summed E-state index contributed by atoms with van der Waals surface area (Å²) in [6.07, 6.45) is -6.43. The molecule has 23 heteroatoms. The van der Waals surface area contributed by atoms with Crippen LogP contribution in [0.2, 0.25) is 0 Å². The first-order valence-corrected chi connectivity index (χ1v) is 15.9. The monoisotopic (exact) mass is 679 g/mol. The maximum atomic E-state index is 12.4. The Morgan fingerprint density at radius 2 is 1.75 bits per heavy atom. The Balaban J connectivity index is 1.16. The number of anilines is 1. The second kappa shape index (κ2) is 12.7. The minimum Gasteiger partial charge on any atom is -0.756 e. The van der Waals surface area contributed by atoms with Crippen molar-refractivity contribution in [1.29, 1.82) is 0 Å². The summed E-state index contributed by atoms with van der Waals surface area (Å²) in [7, 11) is -11.0. The van der Waals surface area contributed by atoms with E-state index in [1.54, 1.807) is 12.1 Å². The van der Waals surface area contributed by atoms with Crippen molar-refractivity contribution in [2.75, 3.05) is 18.9 Å². The molecule has 2 fully saturated rings. The Morgan fingerprint density at radius 3 is 2.48 bits per heavy atom. The summed E-state index contributed by atoms with van der Waals surface area (Å²) >= 11 is 4.92. The van der Waals surface area contributed by atoms with Crippen LogP contribution in [-0.4, -0.2) is 99.7 Å². The molecule has 2 saturated heterocycles. The highest BCUT2D eigenvalue weighted by molar-refractivity contribution is 7.80. The molecule has 0 aliphatic carbocycles. The molecular weight excluding hydrogens is 652 g/mol. The number of thiocarbonyl (C=S) groups is 1. The van der Waals surface area contributed by atoms with Gasteiger partial charge in [0.25, 0.3) is 14.1 Å². The van der Waals surface area contributed by atoms with E-state index >= 15 is 0 Å². The zero-order valence-electron chi connectivity index (χ0n) is 22.2. The van der Waals surface area contributed by atoms with E-state index in [0.717, 1.165) is 6.33 Å². The topological polar surface area (TPSA) is 304 Å². The summed E-state index contributed by atoms with van der Waals surface area (Å²) in [5.74, 6) is 0.0515. The molecule has 0 amide bonds. The molecular formula is C21H27N7O13P2S. The fraction of sp³-hybridized carbons (Fsp3) is 0.476.